The Morgan fingerprint density at radius 3 is 2.67 bits per heavy atom. The summed E-state index contributed by atoms with van der Waals surface area (Å²) in [5.41, 5.74) is 1.09. The fraction of sp³-hybridized carbons (Fsp3) is 0.417. The van der Waals surface area contributed by atoms with E-state index < -0.39 is 0 Å². The van der Waals surface area contributed by atoms with Crippen molar-refractivity contribution >= 4 is 15.9 Å². The molecule has 0 radical (unpaired) electrons. The first kappa shape index (κ1) is 10.7. The van der Waals surface area contributed by atoms with Gasteiger partial charge in [-0.1, -0.05) is 28.1 Å². The Bertz CT molecular complexity index is 377. The molecule has 2 rings (SSSR count). The second kappa shape index (κ2) is 4.78. The molecular formula is C12H13BrN2. The molecule has 78 valence electrons. The first-order valence-corrected chi connectivity index (χ1v) is 5.99. The summed E-state index contributed by atoms with van der Waals surface area (Å²) in [7, 11) is 0. The van der Waals surface area contributed by atoms with Crippen LogP contribution in [0.3, 0.4) is 0 Å². The van der Waals surface area contributed by atoms with Crippen LogP contribution < -0.4 is 0 Å². The number of rotatable bonds is 2. The van der Waals surface area contributed by atoms with Gasteiger partial charge in [0.25, 0.3) is 0 Å². The van der Waals surface area contributed by atoms with E-state index in [9.17, 15) is 5.26 Å². The van der Waals surface area contributed by atoms with E-state index in [0.717, 1.165) is 23.1 Å². The van der Waals surface area contributed by atoms with E-state index in [0.29, 0.717) is 0 Å². The molecule has 3 heteroatoms. The van der Waals surface area contributed by atoms with Gasteiger partial charge in [-0.25, -0.2) is 0 Å². The summed E-state index contributed by atoms with van der Waals surface area (Å²) in [6.07, 6.45) is 2.43. The van der Waals surface area contributed by atoms with Crippen molar-refractivity contribution in [2.45, 2.75) is 18.9 Å². The summed E-state index contributed by atoms with van der Waals surface area (Å²) < 4.78 is 1.04. The van der Waals surface area contributed by atoms with Gasteiger partial charge in [0.2, 0.25) is 0 Å². The third kappa shape index (κ3) is 2.39. The van der Waals surface area contributed by atoms with Crippen LogP contribution in [0.15, 0.2) is 28.7 Å². The molecule has 1 heterocycles. The number of benzene rings is 1. The van der Waals surface area contributed by atoms with Crippen LogP contribution in [-0.4, -0.2) is 18.0 Å². The molecule has 15 heavy (non-hydrogen) atoms. The van der Waals surface area contributed by atoms with E-state index in [-0.39, 0.29) is 6.04 Å². The van der Waals surface area contributed by atoms with Gasteiger partial charge in [-0.2, -0.15) is 5.26 Å². The Morgan fingerprint density at radius 1 is 1.33 bits per heavy atom. The van der Waals surface area contributed by atoms with Gasteiger partial charge in [0.1, 0.15) is 6.04 Å². The Labute approximate surface area is 98.6 Å². The maximum atomic E-state index is 9.22. The number of nitriles is 1. The van der Waals surface area contributed by atoms with Gasteiger partial charge in [-0.05, 0) is 43.6 Å². The highest BCUT2D eigenvalue weighted by molar-refractivity contribution is 9.10. The van der Waals surface area contributed by atoms with Crippen molar-refractivity contribution in [1.82, 2.24) is 4.90 Å². The van der Waals surface area contributed by atoms with Crippen LogP contribution in [-0.2, 0) is 0 Å². The highest BCUT2D eigenvalue weighted by Crippen LogP contribution is 2.26. The zero-order chi connectivity index (χ0) is 10.7. The van der Waals surface area contributed by atoms with Crippen molar-refractivity contribution < 1.29 is 0 Å². The summed E-state index contributed by atoms with van der Waals surface area (Å²) in [5, 5.41) is 9.22. The normalized spacial score (nSPS) is 18.7. The minimum Gasteiger partial charge on any atom is -0.284 e. The monoisotopic (exact) mass is 264 g/mol. The van der Waals surface area contributed by atoms with Crippen molar-refractivity contribution in [3.63, 3.8) is 0 Å². The Balaban J connectivity index is 2.23. The lowest BCUT2D eigenvalue weighted by molar-refractivity contribution is 0.294. The lowest BCUT2D eigenvalue weighted by Crippen LogP contribution is -2.24. The predicted octanol–water partition coefficient (Wildman–Crippen LogP) is 3.11. The minimum atomic E-state index is -0.0787. The molecular weight excluding hydrogens is 252 g/mol. The molecule has 1 aromatic carbocycles. The molecule has 0 bridgehead atoms. The largest absolute Gasteiger partial charge is 0.284 e. The van der Waals surface area contributed by atoms with E-state index in [1.54, 1.807) is 0 Å². The SMILES string of the molecule is N#C[C@@H](c1cccc(Br)c1)N1CCCC1. The number of nitrogens with zero attached hydrogens (tertiary/aromatic N) is 2. The molecule has 1 aliphatic heterocycles. The smallest absolute Gasteiger partial charge is 0.123 e. The van der Waals surface area contributed by atoms with Gasteiger partial charge in [0.15, 0.2) is 0 Å². The van der Waals surface area contributed by atoms with Crippen molar-refractivity contribution in [3.05, 3.63) is 34.3 Å². The molecule has 0 aromatic heterocycles. The second-order valence-electron chi connectivity index (χ2n) is 3.83. The lowest BCUT2D eigenvalue weighted by atomic mass is 10.1. The van der Waals surface area contributed by atoms with E-state index in [1.807, 2.05) is 24.3 Å². The first-order chi connectivity index (χ1) is 7.31. The molecule has 0 spiro atoms. The fourth-order valence-corrected chi connectivity index (χ4v) is 2.46. The Hall–Kier alpha value is -0.850. The number of likely N-dealkylation sites (tertiary alicyclic amines) is 1. The van der Waals surface area contributed by atoms with Gasteiger partial charge in [-0.15, -0.1) is 0 Å². The molecule has 1 aliphatic rings. The molecule has 0 N–H and O–H groups in total. The van der Waals surface area contributed by atoms with Crippen LogP contribution in [0.1, 0.15) is 24.4 Å². The van der Waals surface area contributed by atoms with Gasteiger partial charge in [0, 0.05) is 4.47 Å². The molecule has 0 amide bonds. The van der Waals surface area contributed by atoms with Crippen molar-refractivity contribution in [3.8, 4) is 6.07 Å². The molecule has 0 unspecified atom stereocenters. The minimum absolute atomic E-state index is 0.0787. The average Bonchev–Trinajstić information content (AvgIpc) is 2.72. The number of halogens is 1. The molecule has 1 atom stereocenters. The van der Waals surface area contributed by atoms with E-state index in [1.165, 1.54) is 12.8 Å². The highest BCUT2D eigenvalue weighted by Gasteiger charge is 2.22. The summed E-state index contributed by atoms with van der Waals surface area (Å²) >= 11 is 3.44. The summed E-state index contributed by atoms with van der Waals surface area (Å²) in [6, 6.07) is 10.3. The lowest BCUT2D eigenvalue weighted by Gasteiger charge is -2.21. The number of hydrogen-bond donors (Lipinski definition) is 0. The van der Waals surface area contributed by atoms with Crippen LogP contribution in [0, 0.1) is 11.3 Å². The third-order valence-corrected chi connectivity index (χ3v) is 3.29. The van der Waals surface area contributed by atoms with E-state index in [4.69, 9.17) is 0 Å². The second-order valence-corrected chi connectivity index (χ2v) is 4.75. The molecule has 1 fully saturated rings. The van der Waals surface area contributed by atoms with Gasteiger partial charge < -0.3 is 0 Å². The van der Waals surface area contributed by atoms with Gasteiger partial charge in [0.05, 0.1) is 6.07 Å². The van der Waals surface area contributed by atoms with Crippen molar-refractivity contribution in [1.29, 1.82) is 5.26 Å². The molecule has 1 aromatic rings. The van der Waals surface area contributed by atoms with Crippen molar-refractivity contribution in [2.75, 3.05) is 13.1 Å². The zero-order valence-electron chi connectivity index (χ0n) is 8.49. The summed E-state index contributed by atoms with van der Waals surface area (Å²) in [6.45, 7) is 2.09. The summed E-state index contributed by atoms with van der Waals surface area (Å²) in [5.74, 6) is 0. The van der Waals surface area contributed by atoms with Crippen LogP contribution in [0.2, 0.25) is 0 Å². The first-order valence-electron chi connectivity index (χ1n) is 5.20. The fourth-order valence-electron chi connectivity index (χ4n) is 2.04. The molecule has 2 nitrogen and oxygen atoms in total. The molecule has 1 saturated heterocycles. The van der Waals surface area contributed by atoms with Crippen LogP contribution >= 0.6 is 15.9 Å². The Morgan fingerprint density at radius 2 is 2.07 bits per heavy atom. The topological polar surface area (TPSA) is 27.0 Å². The zero-order valence-corrected chi connectivity index (χ0v) is 10.1. The molecule has 0 saturated carbocycles. The maximum absolute atomic E-state index is 9.22. The number of hydrogen-bond acceptors (Lipinski definition) is 2. The van der Waals surface area contributed by atoms with Crippen LogP contribution in [0.5, 0.6) is 0 Å². The predicted molar refractivity (Wildman–Crippen MR) is 63.3 cm³/mol. The standard InChI is InChI=1S/C12H13BrN2/c13-11-5-3-4-10(8-11)12(9-14)15-6-1-2-7-15/h3-5,8,12H,1-2,6-7H2/t12-/m0/s1. The average molecular weight is 265 g/mol. The third-order valence-electron chi connectivity index (χ3n) is 2.79. The van der Waals surface area contributed by atoms with Gasteiger partial charge >= 0.3 is 0 Å². The maximum Gasteiger partial charge on any atom is 0.123 e. The molecule has 0 aliphatic carbocycles. The quantitative estimate of drug-likeness (QED) is 0.821. The van der Waals surface area contributed by atoms with Crippen LogP contribution in [0.25, 0.3) is 0 Å². The van der Waals surface area contributed by atoms with Crippen molar-refractivity contribution in [2.24, 2.45) is 0 Å². The highest BCUT2D eigenvalue weighted by atomic mass is 79.9. The summed E-state index contributed by atoms with van der Waals surface area (Å²) in [4.78, 5) is 2.25. The van der Waals surface area contributed by atoms with E-state index in [2.05, 4.69) is 26.9 Å². The van der Waals surface area contributed by atoms with Gasteiger partial charge in [-0.3, -0.25) is 4.90 Å². The van der Waals surface area contributed by atoms with Crippen LogP contribution in [0.4, 0.5) is 0 Å². The Kier molecular flexibility index (Phi) is 3.40. The van der Waals surface area contributed by atoms with E-state index >= 15 is 0 Å².